The van der Waals surface area contributed by atoms with E-state index < -0.39 is 0 Å². The smallest absolute Gasteiger partial charge is 0.286 e. The van der Waals surface area contributed by atoms with E-state index in [1.54, 1.807) is 6.07 Å². The maximum atomic E-state index is 12.4. The molecule has 0 spiro atoms. The quantitative estimate of drug-likeness (QED) is 0.479. The van der Waals surface area contributed by atoms with E-state index in [4.69, 9.17) is 4.42 Å². The summed E-state index contributed by atoms with van der Waals surface area (Å²) in [5, 5.41) is 2.97. The van der Waals surface area contributed by atoms with E-state index in [1.165, 1.54) is 29.7 Å². The van der Waals surface area contributed by atoms with E-state index in [2.05, 4.69) is 71.2 Å². The zero-order valence-electron chi connectivity index (χ0n) is 18.6. The van der Waals surface area contributed by atoms with Crippen molar-refractivity contribution in [3.63, 3.8) is 0 Å². The number of nitrogens with one attached hydrogen (secondary N) is 1. The molecule has 31 heavy (non-hydrogen) atoms. The molecule has 0 radical (unpaired) electrons. The molecule has 164 valence electrons. The monoisotopic (exact) mass is 419 g/mol. The summed E-state index contributed by atoms with van der Waals surface area (Å²) in [5.74, 6) is 1.11. The van der Waals surface area contributed by atoms with Crippen molar-refractivity contribution in [2.75, 3.05) is 13.1 Å². The second kappa shape index (κ2) is 10.0. The number of unbranched alkanes of at least 4 members (excludes halogenated alkanes) is 3. The number of amides is 1. The lowest BCUT2D eigenvalue weighted by Crippen LogP contribution is -2.37. The van der Waals surface area contributed by atoms with E-state index >= 15 is 0 Å². The van der Waals surface area contributed by atoms with Gasteiger partial charge < -0.3 is 14.3 Å². The van der Waals surface area contributed by atoms with Gasteiger partial charge in [0.15, 0.2) is 5.76 Å². The van der Waals surface area contributed by atoms with Gasteiger partial charge in [-0.1, -0.05) is 56.0 Å². The van der Waals surface area contributed by atoms with Crippen LogP contribution in [0.25, 0.3) is 0 Å². The number of furan rings is 1. The summed E-state index contributed by atoms with van der Waals surface area (Å²) in [7, 11) is 0. The number of fused-ring (bicyclic) bond motifs is 1. The van der Waals surface area contributed by atoms with E-state index in [0.29, 0.717) is 18.8 Å². The third-order valence-corrected chi connectivity index (χ3v) is 6.09. The first kappa shape index (κ1) is 21.4. The lowest BCUT2D eigenvalue weighted by molar-refractivity contribution is 0.0918. The number of carbonyl (C=O) groups excluding carboxylic acids is 1. The SMILES string of the molecule is CCCCCCNC(=O)c1ccc(CN2CCn3cccc3C2c2ccc(C)cc2)o1. The Hall–Kier alpha value is -2.79. The number of carbonyl (C=O) groups is 1. The largest absolute Gasteiger partial charge is 0.455 e. The van der Waals surface area contributed by atoms with Gasteiger partial charge in [-0.25, -0.2) is 0 Å². The van der Waals surface area contributed by atoms with E-state index in [-0.39, 0.29) is 11.9 Å². The summed E-state index contributed by atoms with van der Waals surface area (Å²) in [6, 6.07) is 17.0. The van der Waals surface area contributed by atoms with Crippen LogP contribution < -0.4 is 5.32 Å². The van der Waals surface area contributed by atoms with Crippen LogP contribution >= 0.6 is 0 Å². The van der Waals surface area contributed by atoms with Gasteiger partial charge in [-0.3, -0.25) is 9.69 Å². The number of aromatic nitrogens is 1. The van der Waals surface area contributed by atoms with Gasteiger partial charge in [0.25, 0.3) is 5.91 Å². The molecule has 0 bridgehead atoms. The number of nitrogens with zero attached hydrogens (tertiary/aromatic N) is 2. The molecule has 3 aromatic rings. The summed E-state index contributed by atoms with van der Waals surface area (Å²) >= 11 is 0. The molecule has 5 nitrogen and oxygen atoms in total. The average molecular weight is 420 g/mol. The van der Waals surface area contributed by atoms with Gasteiger partial charge in [0, 0.05) is 31.5 Å². The Balaban J connectivity index is 1.44. The Bertz CT molecular complexity index is 986. The number of hydrogen-bond acceptors (Lipinski definition) is 3. The van der Waals surface area contributed by atoms with Crippen molar-refractivity contribution in [1.82, 2.24) is 14.8 Å². The molecule has 1 amide bonds. The topological polar surface area (TPSA) is 50.4 Å². The van der Waals surface area contributed by atoms with E-state index in [0.717, 1.165) is 31.7 Å². The van der Waals surface area contributed by atoms with Crippen molar-refractivity contribution in [3.8, 4) is 0 Å². The van der Waals surface area contributed by atoms with Crippen LogP contribution in [0.2, 0.25) is 0 Å². The van der Waals surface area contributed by atoms with Gasteiger partial charge in [0.05, 0.1) is 12.6 Å². The van der Waals surface area contributed by atoms with E-state index in [9.17, 15) is 4.79 Å². The molecule has 2 aromatic heterocycles. The lowest BCUT2D eigenvalue weighted by Gasteiger charge is -2.37. The maximum absolute atomic E-state index is 12.4. The summed E-state index contributed by atoms with van der Waals surface area (Å²) in [6.07, 6.45) is 6.72. The molecular formula is C26H33N3O2. The summed E-state index contributed by atoms with van der Waals surface area (Å²) in [4.78, 5) is 14.8. The van der Waals surface area contributed by atoms with Crippen molar-refractivity contribution in [2.45, 2.75) is 58.7 Å². The van der Waals surface area contributed by atoms with Crippen molar-refractivity contribution in [1.29, 1.82) is 0 Å². The Labute approximate surface area is 185 Å². The maximum Gasteiger partial charge on any atom is 0.286 e. The third kappa shape index (κ3) is 5.10. The van der Waals surface area contributed by atoms with Crippen molar-refractivity contribution in [2.24, 2.45) is 0 Å². The van der Waals surface area contributed by atoms with Crippen LogP contribution in [0.15, 0.2) is 59.1 Å². The van der Waals surface area contributed by atoms with Crippen LogP contribution in [0.5, 0.6) is 0 Å². The van der Waals surface area contributed by atoms with Gasteiger partial charge in [-0.05, 0) is 43.2 Å². The van der Waals surface area contributed by atoms with Gasteiger partial charge in [0.2, 0.25) is 0 Å². The molecule has 0 fully saturated rings. The normalized spacial score (nSPS) is 16.3. The van der Waals surface area contributed by atoms with Crippen LogP contribution in [0.1, 0.15) is 71.8 Å². The van der Waals surface area contributed by atoms with Crippen molar-refractivity contribution in [3.05, 3.63) is 83.1 Å². The van der Waals surface area contributed by atoms with Gasteiger partial charge in [-0.15, -0.1) is 0 Å². The second-order valence-electron chi connectivity index (χ2n) is 8.49. The fraction of sp³-hybridized carbons (Fsp3) is 0.423. The summed E-state index contributed by atoms with van der Waals surface area (Å²) in [6.45, 7) is 7.56. The molecule has 0 saturated heterocycles. The highest BCUT2D eigenvalue weighted by molar-refractivity contribution is 5.91. The Kier molecular flexibility index (Phi) is 6.92. The molecule has 1 aliphatic heterocycles. The predicted molar refractivity (Wildman–Crippen MR) is 123 cm³/mol. The molecule has 3 heterocycles. The fourth-order valence-electron chi connectivity index (χ4n) is 4.36. The van der Waals surface area contributed by atoms with Gasteiger partial charge in [-0.2, -0.15) is 0 Å². The Morgan fingerprint density at radius 1 is 1.06 bits per heavy atom. The minimum Gasteiger partial charge on any atom is -0.455 e. The third-order valence-electron chi connectivity index (χ3n) is 6.09. The highest BCUT2D eigenvalue weighted by Crippen LogP contribution is 2.33. The van der Waals surface area contributed by atoms with Crippen LogP contribution in [-0.4, -0.2) is 28.5 Å². The molecule has 4 rings (SSSR count). The molecule has 1 aromatic carbocycles. The molecule has 1 aliphatic rings. The molecule has 0 aliphatic carbocycles. The van der Waals surface area contributed by atoms with Crippen LogP contribution in [0, 0.1) is 6.92 Å². The molecule has 1 unspecified atom stereocenters. The van der Waals surface area contributed by atoms with Crippen molar-refractivity contribution < 1.29 is 9.21 Å². The highest BCUT2D eigenvalue weighted by atomic mass is 16.4. The van der Waals surface area contributed by atoms with Crippen molar-refractivity contribution >= 4 is 5.91 Å². The zero-order chi connectivity index (χ0) is 21.6. The summed E-state index contributed by atoms with van der Waals surface area (Å²) in [5.41, 5.74) is 3.84. The number of aryl methyl sites for hydroxylation is 1. The number of rotatable bonds is 9. The fourth-order valence-corrected chi connectivity index (χ4v) is 4.36. The first-order valence-electron chi connectivity index (χ1n) is 11.5. The first-order chi connectivity index (χ1) is 15.2. The minimum absolute atomic E-state index is 0.120. The Morgan fingerprint density at radius 3 is 2.71 bits per heavy atom. The average Bonchev–Trinajstić information content (AvgIpc) is 3.44. The van der Waals surface area contributed by atoms with Crippen LogP contribution in [0.4, 0.5) is 0 Å². The number of benzene rings is 1. The molecule has 0 saturated carbocycles. The highest BCUT2D eigenvalue weighted by Gasteiger charge is 2.29. The lowest BCUT2D eigenvalue weighted by atomic mass is 9.99. The molecule has 1 N–H and O–H groups in total. The van der Waals surface area contributed by atoms with Gasteiger partial charge in [0.1, 0.15) is 5.76 Å². The predicted octanol–water partition coefficient (Wildman–Crippen LogP) is 5.30. The van der Waals surface area contributed by atoms with Crippen LogP contribution in [0.3, 0.4) is 0 Å². The molecular weight excluding hydrogens is 386 g/mol. The standard InChI is InChI=1S/C26H33N3O2/c1-3-4-5-6-15-27-26(30)24-14-13-22(31-24)19-29-18-17-28-16-7-8-23(28)25(29)21-11-9-20(2)10-12-21/h7-14,16,25H,3-6,15,17-19H2,1-2H3,(H,27,30). The molecule has 5 heteroatoms. The zero-order valence-corrected chi connectivity index (χ0v) is 18.6. The Morgan fingerprint density at radius 2 is 1.90 bits per heavy atom. The first-order valence-corrected chi connectivity index (χ1v) is 11.5. The minimum atomic E-state index is -0.120. The second-order valence-corrected chi connectivity index (χ2v) is 8.49. The van der Waals surface area contributed by atoms with Gasteiger partial charge >= 0.3 is 0 Å². The summed E-state index contributed by atoms with van der Waals surface area (Å²) < 4.78 is 8.27. The van der Waals surface area contributed by atoms with E-state index in [1.807, 2.05) is 6.07 Å². The van der Waals surface area contributed by atoms with Crippen LogP contribution in [-0.2, 0) is 13.1 Å². The number of hydrogen-bond donors (Lipinski definition) is 1. The molecule has 1 atom stereocenters.